The Kier molecular flexibility index (Phi) is 5.41. The maximum atomic E-state index is 9.91. The number of hydrogen-bond acceptors (Lipinski definition) is 3. The van der Waals surface area contributed by atoms with Crippen molar-refractivity contribution in [1.82, 2.24) is 24.1 Å². The zero-order valence-electron chi connectivity index (χ0n) is 39.5. The predicted molar refractivity (Wildman–Crippen MR) is 230 cm³/mol. The third kappa shape index (κ3) is 5.21. The number of fused-ring (bicyclic) bond motifs is 7. The van der Waals surface area contributed by atoms with Crippen molar-refractivity contribution in [3.05, 3.63) is 200 Å². The smallest absolute Gasteiger partial charge is 0.238 e. The first-order valence-corrected chi connectivity index (χ1v) is 18.1. The highest BCUT2D eigenvalue weighted by Crippen LogP contribution is 2.42. The van der Waals surface area contributed by atoms with Gasteiger partial charge >= 0.3 is 0 Å². The van der Waals surface area contributed by atoms with E-state index in [9.17, 15) is 8.22 Å². The number of para-hydroxylation sites is 2. The molecule has 5 nitrogen and oxygen atoms in total. The third-order valence-electron chi connectivity index (χ3n) is 10.1. The summed E-state index contributed by atoms with van der Waals surface area (Å²) in [5.41, 5.74) is 5.31. The summed E-state index contributed by atoms with van der Waals surface area (Å²) in [4.78, 5) is 14.8. The second-order valence-electron chi connectivity index (χ2n) is 13.3. The van der Waals surface area contributed by atoms with Crippen molar-refractivity contribution >= 4 is 43.6 Å². The van der Waals surface area contributed by atoms with E-state index in [0.29, 0.717) is 16.8 Å². The van der Waals surface area contributed by atoms with Crippen molar-refractivity contribution < 1.29 is 13.7 Å². The van der Waals surface area contributed by atoms with Crippen molar-refractivity contribution in [2.24, 2.45) is 0 Å². The first-order chi connectivity index (χ1) is 31.9. The second kappa shape index (κ2) is 13.0. The van der Waals surface area contributed by atoms with Gasteiger partial charge in [0.1, 0.15) is 0 Å². The van der Waals surface area contributed by atoms with E-state index in [-0.39, 0.29) is 79.3 Å². The molecule has 262 valence electrons. The van der Waals surface area contributed by atoms with Gasteiger partial charge in [-0.3, -0.25) is 4.57 Å². The molecule has 0 N–H and O–H groups in total. The van der Waals surface area contributed by atoms with Crippen molar-refractivity contribution in [3.8, 4) is 56.7 Å². The van der Waals surface area contributed by atoms with Gasteiger partial charge in [-0.1, -0.05) is 164 Å². The van der Waals surface area contributed by atoms with Gasteiger partial charge in [-0.2, -0.15) is 9.97 Å². The van der Waals surface area contributed by atoms with E-state index in [1.54, 1.807) is 10.6 Å². The molecule has 0 aliphatic heterocycles. The van der Waals surface area contributed by atoms with Crippen LogP contribution in [0.5, 0.6) is 0 Å². The monoisotopic (exact) mass is 725 g/mol. The number of aromatic nitrogens is 5. The minimum absolute atomic E-state index is 0.0193. The number of nitrogens with zero attached hydrogens (tertiary/aromatic N) is 5. The van der Waals surface area contributed by atoms with Crippen LogP contribution in [0, 0.1) is 0 Å². The molecule has 0 bridgehead atoms. The zero-order chi connectivity index (χ0) is 45.7. The van der Waals surface area contributed by atoms with Crippen LogP contribution in [0.25, 0.3) is 100 Å². The number of rotatable bonds is 6. The average Bonchev–Trinajstić information content (AvgIpc) is 3.91. The van der Waals surface area contributed by atoms with Gasteiger partial charge in [0.25, 0.3) is 0 Å². The molecular formula is C51H33N5. The Morgan fingerprint density at radius 1 is 0.357 bits per heavy atom. The van der Waals surface area contributed by atoms with Gasteiger partial charge in [-0.25, -0.2) is 4.98 Å². The standard InChI is InChI=1S/C51H33N5/c1-4-15-34(16-5-1)36-27-29-38(30-28-36)50-52-49(37-19-8-3-9-20-37)53-51(54-50)56-44-26-13-11-24-42(44)48-46(56)32-31-45-47(48)41-23-10-12-25-43(41)55(45)40-22-14-21-39(33-40)35-17-6-2-7-18-35/h1-33H/i10D,11D,12D,13D,23D,24D,25D,26D,31D,32D. The molecule has 8 aromatic carbocycles. The number of benzene rings is 8. The molecule has 3 aromatic heterocycles. The summed E-state index contributed by atoms with van der Waals surface area (Å²) in [6.45, 7) is 0. The Labute approximate surface area is 337 Å². The van der Waals surface area contributed by atoms with Gasteiger partial charge in [-0.15, -0.1) is 0 Å². The van der Waals surface area contributed by atoms with Gasteiger partial charge in [0, 0.05) is 38.4 Å². The maximum Gasteiger partial charge on any atom is 0.238 e. The normalized spacial score (nSPS) is 14.1. The molecule has 0 radical (unpaired) electrons. The molecule has 0 spiro atoms. The lowest BCUT2D eigenvalue weighted by Crippen LogP contribution is -2.06. The van der Waals surface area contributed by atoms with E-state index in [4.69, 9.17) is 20.4 Å². The minimum atomic E-state index is -0.554. The van der Waals surface area contributed by atoms with Crippen LogP contribution < -0.4 is 0 Å². The van der Waals surface area contributed by atoms with E-state index in [1.807, 2.05) is 133 Å². The Balaban J connectivity index is 1.31. The number of hydrogen-bond donors (Lipinski definition) is 0. The van der Waals surface area contributed by atoms with E-state index in [1.165, 1.54) is 4.57 Å². The Morgan fingerprint density at radius 3 is 1.41 bits per heavy atom. The van der Waals surface area contributed by atoms with Crippen LogP contribution in [0.15, 0.2) is 200 Å². The fraction of sp³-hybridized carbons (Fsp3) is 0. The molecule has 5 heteroatoms. The summed E-state index contributed by atoms with van der Waals surface area (Å²) in [5.74, 6) is 0.378. The third-order valence-corrected chi connectivity index (χ3v) is 10.1. The van der Waals surface area contributed by atoms with Crippen molar-refractivity contribution in [2.75, 3.05) is 0 Å². The molecule has 0 unspecified atom stereocenters. The van der Waals surface area contributed by atoms with E-state index in [0.717, 1.165) is 22.3 Å². The van der Waals surface area contributed by atoms with Crippen LogP contribution in [-0.2, 0) is 0 Å². The Bertz CT molecular complexity index is 3800. The summed E-state index contributed by atoms with van der Waals surface area (Å²) in [6.07, 6.45) is 0. The van der Waals surface area contributed by atoms with Crippen LogP contribution in [0.2, 0.25) is 0 Å². The molecule has 0 aliphatic rings. The molecule has 0 saturated carbocycles. The highest BCUT2D eigenvalue weighted by atomic mass is 15.2. The SMILES string of the molecule is [2H]c1c([2H])c([2H])c2c(c1[2H])c1c3c4c([2H])c([2H])c([2H])c([2H])c4n(-c4nc(-c5ccccc5)nc(-c5ccc(-c6ccccc6)cc5)n4)c3c([2H])c([2H])c1n2-c1cccc(-c2ccccc2)c1. The van der Waals surface area contributed by atoms with Crippen LogP contribution in [-0.4, -0.2) is 24.1 Å². The van der Waals surface area contributed by atoms with Crippen LogP contribution in [0.1, 0.15) is 13.7 Å². The summed E-state index contributed by atoms with van der Waals surface area (Å²) in [6, 6.07) is 39.1. The maximum absolute atomic E-state index is 9.91. The molecule has 0 amide bonds. The van der Waals surface area contributed by atoms with Gasteiger partial charge in [0.15, 0.2) is 11.6 Å². The Morgan fingerprint density at radius 2 is 0.804 bits per heavy atom. The van der Waals surface area contributed by atoms with E-state index < -0.39 is 42.3 Å². The van der Waals surface area contributed by atoms with Gasteiger partial charge in [0.05, 0.1) is 35.8 Å². The van der Waals surface area contributed by atoms with Crippen molar-refractivity contribution in [3.63, 3.8) is 0 Å². The summed E-state index contributed by atoms with van der Waals surface area (Å²) in [5, 5.41) is 0.178. The largest absolute Gasteiger partial charge is 0.309 e. The molecule has 0 aliphatic carbocycles. The molecule has 0 atom stereocenters. The zero-order valence-corrected chi connectivity index (χ0v) is 29.5. The minimum Gasteiger partial charge on any atom is -0.309 e. The predicted octanol–water partition coefficient (Wildman–Crippen LogP) is 12.7. The molecule has 3 heterocycles. The molecule has 0 saturated heterocycles. The lowest BCUT2D eigenvalue weighted by atomic mass is 10.0. The second-order valence-corrected chi connectivity index (χ2v) is 13.3. The first-order valence-electron chi connectivity index (χ1n) is 23.1. The summed E-state index contributed by atoms with van der Waals surface area (Å²) >= 11 is 0. The lowest BCUT2D eigenvalue weighted by Gasteiger charge is -2.12. The Hall–Kier alpha value is -7.63. The lowest BCUT2D eigenvalue weighted by molar-refractivity contribution is 0.953. The molecular weight excluding hydrogens is 683 g/mol. The van der Waals surface area contributed by atoms with Gasteiger partial charge < -0.3 is 4.57 Å². The van der Waals surface area contributed by atoms with Crippen LogP contribution >= 0.6 is 0 Å². The van der Waals surface area contributed by atoms with E-state index >= 15 is 0 Å². The first kappa shape index (κ1) is 23.2. The topological polar surface area (TPSA) is 48.5 Å². The molecule has 11 rings (SSSR count). The summed E-state index contributed by atoms with van der Waals surface area (Å²) < 4.78 is 95.9. The average molecular weight is 726 g/mol. The van der Waals surface area contributed by atoms with Crippen molar-refractivity contribution in [2.45, 2.75) is 0 Å². The fourth-order valence-electron chi connectivity index (χ4n) is 7.50. The molecule has 56 heavy (non-hydrogen) atoms. The van der Waals surface area contributed by atoms with Crippen LogP contribution in [0.3, 0.4) is 0 Å². The fourth-order valence-corrected chi connectivity index (χ4v) is 7.50. The van der Waals surface area contributed by atoms with E-state index in [2.05, 4.69) is 0 Å². The van der Waals surface area contributed by atoms with Gasteiger partial charge in [0.2, 0.25) is 5.95 Å². The molecule has 0 fully saturated rings. The van der Waals surface area contributed by atoms with Crippen LogP contribution in [0.4, 0.5) is 0 Å². The summed E-state index contributed by atoms with van der Waals surface area (Å²) in [7, 11) is 0. The molecule has 11 aromatic rings. The van der Waals surface area contributed by atoms with Crippen molar-refractivity contribution in [1.29, 1.82) is 0 Å². The van der Waals surface area contributed by atoms with Gasteiger partial charge in [-0.05, 0) is 58.6 Å². The highest BCUT2D eigenvalue weighted by Gasteiger charge is 2.22. The quantitative estimate of drug-likeness (QED) is 0.171. The highest BCUT2D eigenvalue weighted by molar-refractivity contribution is 6.28.